The van der Waals surface area contributed by atoms with E-state index in [9.17, 15) is 9.59 Å². The van der Waals surface area contributed by atoms with Gasteiger partial charge in [0, 0.05) is 18.3 Å². The molecule has 2 bridgehead atoms. The van der Waals surface area contributed by atoms with Crippen LogP contribution < -0.4 is 0 Å². The van der Waals surface area contributed by atoms with E-state index in [4.69, 9.17) is 0 Å². The fourth-order valence-electron chi connectivity index (χ4n) is 12.4. The van der Waals surface area contributed by atoms with E-state index in [1.165, 1.54) is 25.7 Å². The molecule has 6 saturated carbocycles. The topological polar surface area (TPSA) is 34.1 Å². The van der Waals surface area contributed by atoms with Crippen LogP contribution in [0.5, 0.6) is 0 Å². The molecule has 0 aromatic carbocycles. The van der Waals surface area contributed by atoms with E-state index in [0.717, 1.165) is 31.1 Å². The minimum atomic E-state index is -0.0321. The summed E-state index contributed by atoms with van der Waals surface area (Å²) in [6.45, 7) is 16.6. The van der Waals surface area contributed by atoms with Crippen molar-refractivity contribution < 1.29 is 9.59 Å². The summed E-state index contributed by atoms with van der Waals surface area (Å²) in [7, 11) is 0. The van der Waals surface area contributed by atoms with E-state index in [-0.39, 0.29) is 5.41 Å². The molecule has 7 rings (SSSR count). The van der Waals surface area contributed by atoms with Crippen LogP contribution in [-0.2, 0) is 9.59 Å². The van der Waals surface area contributed by atoms with Gasteiger partial charge in [-0.2, -0.15) is 0 Å². The van der Waals surface area contributed by atoms with Gasteiger partial charge in [-0.15, -0.1) is 0 Å². The van der Waals surface area contributed by atoms with Crippen molar-refractivity contribution in [2.75, 3.05) is 0 Å². The van der Waals surface area contributed by atoms with Crippen LogP contribution >= 0.6 is 0 Å². The molecule has 2 spiro atoms. The molecule has 7 aliphatic rings. The van der Waals surface area contributed by atoms with Crippen LogP contribution in [0.3, 0.4) is 0 Å². The Hall–Kier alpha value is -0.920. The van der Waals surface area contributed by atoms with E-state index < -0.39 is 0 Å². The monoisotopic (exact) mass is 434 g/mol. The highest BCUT2D eigenvalue weighted by Gasteiger charge is 2.96. The predicted octanol–water partition coefficient (Wildman–Crippen LogP) is 6.63. The van der Waals surface area contributed by atoms with Gasteiger partial charge in [-0.3, -0.25) is 4.79 Å². The second kappa shape index (κ2) is 5.33. The normalized spacial score (nSPS) is 56.8. The second-order valence-electron chi connectivity index (χ2n) is 14.9. The second-order valence-corrected chi connectivity index (χ2v) is 14.9. The zero-order valence-electron chi connectivity index (χ0n) is 21.3. The average molecular weight is 435 g/mol. The van der Waals surface area contributed by atoms with Gasteiger partial charge in [-0.25, -0.2) is 0 Å². The molecular weight excluding hydrogens is 392 g/mol. The highest BCUT2D eigenvalue weighted by Crippen LogP contribution is 2.98. The molecule has 32 heavy (non-hydrogen) atoms. The van der Waals surface area contributed by atoms with Gasteiger partial charge >= 0.3 is 0 Å². The van der Waals surface area contributed by atoms with Gasteiger partial charge in [0.25, 0.3) is 0 Å². The first kappa shape index (κ1) is 20.5. The maximum Gasteiger partial charge on any atom is 0.140 e. The van der Waals surface area contributed by atoms with Crippen molar-refractivity contribution in [1.29, 1.82) is 0 Å². The lowest BCUT2D eigenvalue weighted by Gasteiger charge is -2.47. The molecule has 174 valence electrons. The highest BCUT2D eigenvalue weighted by molar-refractivity contribution is 5.93. The minimum Gasteiger partial charge on any atom is -0.300 e. The zero-order chi connectivity index (χ0) is 22.8. The summed E-state index contributed by atoms with van der Waals surface area (Å²) < 4.78 is 0. The Morgan fingerprint density at radius 1 is 1.09 bits per heavy atom. The molecule has 0 saturated heterocycles. The molecule has 7 aliphatic carbocycles. The van der Waals surface area contributed by atoms with E-state index in [1.54, 1.807) is 18.1 Å². The lowest BCUT2D eigenvalue weighted by atomic mass is 9.54. The molecule has 0 N–H and O–H groups in total. The van der Waals surface area contributed by atoms with Crippen molar-refractivity contribution in [3.05, 3.63) is 11.1 Å². The van der Waals surface area contributed by atoms with Gasteiger partial charge in [0.1, 0.15) is 11.6 Å². The Morgan fingerprint density at radius 3 is 2.47 bits per heavy atom. The smallest absolute Gasteiger partial charge is 0.140 e. The van der Waals surface area contributed by atoms with Crippen molar-refractivity contribution in [1.82, 2.24) is 0 Å². The van der Waals surface area contributed by atoms with Crippen LogP contribution in [0.4, 0.5) is 0 Å². The Balaban J connectivity index is 1.28. The van der Waals surface area contributed by atoms with E-state index >= 15 is 0 Å². The quantitative estimate of drug-likeness (QED) is 0.465. The molecule has 2 nitrogen and oxygen atoms in total. The standard InChI is InChI=1S/C30H42O2/c1-15(31)8-9-18-24(26(18,3)4)23-16(2)20-12-17(23)14-29(20)22(32)13-21-28(7)11-10-19-25(27(19,5)6)30(21,28)29/h17-21,24-25H,8-14H2,1-7H3/t17-,18-,19-,20-,21-,24-,25+,28-,29+,30+/m0/s1. The van der Waals surface area contributed by atoms with Crippen LogP contribution in [0.1, 0.15) is 93.4 Å². The number of rotatable bonds is 4. The van der Waals surface area contributed by atoms with Crippen LogP contribution in [0, 0.1) is 68.5 Å². The highest BCUT2D eigenvalue weighted by atomic mass is 16.1. The van der Waals surface area contributed by atoms with Gasteiger partial charge in [-0.05, 0) is 109 Å². The molecule has 0 heterocycles. The first-order chi connectivity index (χ1) is 14.9. The van der Waals surface area contributed by atoms with E-state index in [0.29, 0.717) is 62.8 Å². The van der Waals surface area contributed by atoms with Gasteiger partial charge in [0.05, 0.1) is 0 Å². The summed E-state index contributed by atoms with van der Waals surface area (Å²) in [5, 5.41) is 0. The Kier molecular flexibility index (Phi) is 3.41. The number of carbonyl (C=O) groups excluding carboxylic acids is 2. The lowest BCUT2D eigenvalue weighted by molar-refractivity contribution is -0.136. The molecule has 6 fully saturated rings. The van der Waals surface area contributed by atoms with Crippen molar-refractivity contribution in [2.24, 2.45) is 68.5 Å². The van der Waals surface area contributed by atoms with Gasteiger partial charge in [-0.1, -0.05) is 45.8 Å². The van der Waals surface area contributed by atoms with Crippen LogP contribution in [0.2, 0.25) is 0 Å². The largest absolute Gasteiger partial charge is 0.300 e. The Morgan fingerprint density at radius 2 is 1.81 bits per heavy atom. The van der Waals surface area contributed by atoms with Crippen molar-refractivity contribution >= 4 is 11.6 Å². The van der Waals surface area contributed by atoms with Crippen molar-refractivity contribution in [3.8, 4) is 0 Å². The number of Topliss-reactive ketones (excluding diaryl/α,β-unsaturated/α-hetero) is 2. The lowest BCUT2D eigenvalue weighted by Crippen LogP contribution is -2.48. The number of ketones is 2. The van der Waals surface area contributed by atoms with Crippen molar-refractivity contribution in [2.45, 2.75) is 93.4 Å². The van der Waals surface area contributed by atoms with Gasteiger partial charge in [0.2, 0.25) is 0 Å². The predicted molar refractivity (Wildman–Crippen MR) is 126 cm³/mol. The average Bonchev–Trinajstić information content (AvgIpc) is 3.41. The van der Waals surface area contributed by atoms with Crippen molar-refractivity contribution in [3.63, 3.8) is 0 Å². The number of hydrogen-bond donors (Lipinski definition) is 0. The van der Waals surface area contributed by atoms with Crippen LogP contribution in [0.25, 0.3) is 0 Å². The maximum atomic E-state index is 13.9. The third-order valence-corrected chi connectivity index (χ3v) is 13.6. The van der Waals surface area contributed by atoms with Crippen LogP contribution in [-0.4, -0.2) is 11.6 Å². The number of carbonyl (C=O) groups is 2. The fourth-order valence-corrected chi connectivity index (χ4v) is 12.4. The summed E-state index contributed by atoms with van der Waals surface area (Å²) in [5.41, 5.74) is 4.87. The SMILES string of the molecule is CC(=O)CC[C@H]1[C@@H](C2=C(C)[C@@H]3C[C@H]2C[C@]32C(=O)C[C@@H]3[C@]24[C@@H]2[C@H](CC[C@@]34C)C2(C)C)C1(C)C. The Bertz CT molecular complexity index is 1010. The zero-order valence-corrected chi connectivity index (χ0v) is 21.3. The summed E-state index contributed by atoms with van der Waals surface area (Å²) >= 11 is 0. The molecule has 0 radical (unpaired) electrons. The van der Waals surface area contributed by atoms with Crippen LogP contribution in [0.15, 0.2) is 11.1 Å². The third kappa shape index (κ3) is 1.79. The van der Waals surface area contributed by atoms with Gasteiger partial charge < -0.3 is 4.79 Å². The third-order valence-electron chi connectivity index (χ3n) is 13.6. The van der Waals surface area contributed by atoms with E-state index in [2.05, 4.69) is 41.5 Å². The number of allylic oxidation sites excluding steroid dienone is 2. The maximum absolute atomic E-state index is 13.9. The number of hydrogen-bond acceptors (Lipinski definition) is 2. The molecule has 2 heteroatoms. The fraction of sp³-hybridized carbons (Fsp3) is 0.867. The molecule has 0 aliphatic heterocycles. The first-order valence-corrected chi connectivity index (χ1v) is 13.6. The number of fused-ring (bicyclic) bond motifs is 5. The molecule has 0 unspecified atom stereocenters. The molecule has 10 atom stereocenters. The van der Waals surface area contributed by atoms with E-state index in [1.807, 2.05) is 0 Å². The summed E-state index contributed by atoms with van der Waals surface area (Å²) in [6, 6.07) is 0. The first-order valence-electron chi connectivity index (χ1n) is 13.6. The molecule has 0 aromatic heterocycles. The minimum absolute atomic E-state index is 0.0321. The van der Waals surface area contributed by atoms with Gasteiger partial charge in [0.15, 0.2) is 0 Å². The Labute approximate surface area is 194 Å². The molecule has 0 aromatic rings. The summed E-state index contributed by atoms with van der Waals surface area (Å²) in [5.74, 6) is 5.79. The summed E-state index contributed by atoms with van der Waals surface area (Å²) in [6.07, 6.45) is 7.85. The molecule has 0 amide bonds. The summed E-state index contributed by atoms with van der Waals surface area (Å²) in [4.78, 5) is 25.6. The molecular formula is C30H42O2.